The van der Waals surface area contributed by atoms with Crippen LogP contribution in [0.15, 0.2) is 48.5 Å². The summed E-state index contributed by atoms with van der Waals surface area (Å²) in [6.45, 7) is 5.83. The van der Waals surface area contributed by atoms with Gasteiger partial charge < -0.3 is 9.64 Å². The predicted octanol–water partition coefficient (Wildman–Crippen LogP) is 4.34. The molecule has 136 valence electrons. The molecule has 2 aliphatic rings. The Morgan fingerprint density at radius 1 is 1.00 bits per heavy atom. The molecule has 4 rings (SSSR count). The minimum Gasteiger partial charge on any atom is -0.447 e. The first-order valence-corrected chi connectivity index (χ1v) is 9.58. The Labute approximate surface area is 155 Å². The Balaban J connectivity index is 1.39. The van der Waals surface area contributed by atoms with Crippen molar-refractivity contribution >= 4 is 11.8 Å². The topological polar surface area (TPSA) is 32.8 Å². The van der Waals surface area contributed by atoms with Crippen LogP contribution in [-0.2, 0) is 11.2 Å². The van der Waals surface area contributed by atoms with Crippen LogP contribution in [0.25, 0.3) is 11.1 Å². The normalized spacial score (nSPS) is 20.6. The van der Waals surface area contributed by atoms with Crippen molar-refractivity contribution < 1.29 is 9.53 Å². The van der Waals surface area contributed by atoms with Gasteiger partial charge in [-0.15, -0.1) is 0 Å². The number of likely N-dealkylation sites (tertiary alicyclic amines) is 1. The fourth-order valence-corrected chi connectivity index (χ4v) is 3.92. The number of cyclic esters (lactones) is 1. The van der Waals surface area contributed by atoms with Gasteiger partial charge in [0.25, 0.3) is 0 Å². The van der Waals surface area contributed by atoms with Crippen LogP contribution in [0.1, 0.15) is 25.3 Å². The molecule has 26 heavy (non-hydrogen) atoms. The van der Waals surface area contributed by atoms with E-state index in [1.807, 2.05) is 12.1 Å². The third kappa shape index (κ3) is 3.61. The van der Waals surface area contributed by atoms with Gasteiger partial charge in [-0.1, -0.05) is 36.4 Å². The van der Waals surface area contributed by atoms with E-state index in [0.717, 1.165) is 24.7 Å². The van der Waals surface area contributed by atoms with Crippen molar-refractivity contribution in [2.24, 2.45) is 0 Å². The molecule has 0 bridgehead atoms. The Hall–Kier alpha value is -2.33. The summed E-state index contributed by atoms with van der Waals surface area (Å²) in [6, 6.07) is 17.7. The smallest absolute Gasteiger partial charge is 0.414 e. The molecular formula is C22H26N2O2. The second kappa shape index (κ2) is 7.50. The fraction of sp³-hybridized carbons (Fsp3) is 0.409. The third-order valence-electron chi connectivity index (χ3n) is 5.61. The number of carbonyl (C=O) groups excluding carboxylic acids is 1. The number of rotatable bonds is 5. The fourth-order valence-electron chi connectivity index (χ4n) is 3.92. The molecule has 2 heterocycles. The van der Waals surface area contributed by atoms with E-state index in [1.165, 1.54) is 36.1 Å². The molecule has 0 spiro atoms. The summed E-state index contributed by atoms with van der Waals surface area (Å²) in [7, 11) is 0. The second-order valence-corrected chi connectivity index (χ2v) is 7.29. The monoisotopic (exact) mass is 350 g/mol. The SMILES string of the molecule is C[C@@H]1CCCN1CCc1ccc(-c2ccc(N3CCOC3=O)cc2)cc1. The number of carbonyl (C=O) groups is 1. The first kappa shape index (κ1) is 17.1. The van der Waals surface area contributed by atoms with Gasteiger partial charge in [-0.3, -0.25) is 4.90 Å². The van der Waals surface area contributed by atoms with E-state index < -0.39 is 0 Å². The van der Waals surface area contributed by atoms with E-state index in [-0.39, 0.29) is 6.09 Å². The Bertz CT molecular complexity index is 755. The van der Waals surface area contributed by atoms with Crippen molar-refractivity contribution in [2.75, 3.05) is 31.1 Å². The van der Waals surface area contributed by atoms with Gasteiger partial charge in [0, 0.05) is 18.3 Å². The first-order valence-electron chi connectivity index (χ1n) is 9.58. The summed E-state index contributed by atoms with van der Waals surface area (Å²) < 4.78 is 5.00. The van der Waals surface area contributed by atoms with Crippen LogP contribution in [0.3, 0.4) is 0 Å². The Morgan fingerprint density at radius 2 is 1.69 bits per heavy atom. The maximum Gasteiger partial charge on any atom is 0.414 e. The van der Waals surface area contributed by atoms with E-state index in [0.29, 0.717) is 13.2 Å². The molecule has 0 N–H and O–H groups in total. The van der Waals surface area contributed by atoms with Gasteiger partial charge in [-0.25, -0.2) is 4.79 Å². The zero-order valence-corrected chi connectivity index (χ0v) is 15.4. The van der Waals surface area contributed by atoms with Crippen molar-refractivity contribution in [3.05, 3.63) is 54.1 Å². The van der Waals surface area contributed by atoms with E-state index in [9.17, 15) is 4.79 Å². The summed E-state index contributed by atoms with van der Waals surface area (Å²) in [5.74, 6) is 0. The molecule has 4 heteroatoms. The summed E-state index contributed by atoms with van der Waals surface area (Å²) >= 11 is 0. The maximum absolute atomic E-state index is 11.6. The quantitative estimate of drug-likeness (QED) is 0.804. The molecule has 1 amide bonds. The van der Waals surface area contributed by atoms with Crippen molar-refractivity contribution in [1.82, 2.24) is 4.90 Å². The molecule has 2 saturated heterocycles. The molecule has 2 aromatic rings. The highest BCUT2D eigenvalue weighted by Gasteiger charge is 2.23. The van der Waals surface area contributed by atoms with E-state index in [1.54, 1.807) is 4.90 Å². The molecule has 4 nitrogen and oxygen atoms in total. The molecule has 2 aliphatic heterocycles. The van der Waals surface area contributed by atoms with Gasteiger partial charge in [0.15, 0.2) is 0 Å². The maximum atomic E-state index is 11.6. The Morgan fingerprint density at radius 3 is 2.27 bits per heavy atom. The lowest BCUT2D eigenvalue weighted by molar-refractivity contribution is 0.181. The highest BCUT2D eigenvalue weighted by molar-refractivity contribution is 5.89. The Kier molecular flexibility index (Phi) is 4.93. The number of amides is 1. The molecule has 0 radical (unpaired) electrons. The minimum atomic E-state index is -0.255. The van der Waals surface area contributed by atoms with Crippen molar-refractivity contribution in [3.63, 3.8) is 0 Å². The molecule has 0 aromatic heterocycles. The molecule has 0 saturated carbocycles. The van der Waals surface area contributed by atoms with Gasteiger partial charge >= 0.3 is 6.09 Å². The number of hydrogen-bond acceptors (Lipinski definition) is 3. The van der Waals surface area contributed by atoms with Crippen LogP contribution >= 0.6 is 0 Å². The average Bonchev–Trinajstić information content (AvgIpc) is 3.29. The van der Waals surface area contributed by atoms with Crippen LogP contribution in [0.2, 0.25) is 0 Å². The van der Waals surface area contributed by atoms with Gasteiger partial charge in [-0.2, -0.15) is 0 Å². The number of benzene rings is 2. The van der Waals surface area contributed by atoms with Crippen molar-refractivity contribution in [2.45, 2.75) is 32.2 Å². The summed E-state index contributed by atoms with van der Waals surface area (Å²) in [6.07, 6.45) is 3.53. The third-order valence-corrected chi connectivity index (χ3v) is 5.61. The lowest BCUT2D eigenvalue weighted by Gasteiger charge is -2.20. The summed E-state index contributed by atoms with van der Waals surface area (Å²) in [5.41, 5.74) is 4.66. The highest BCUT2D eigenvalue weighted by Crippen LogP contribution is 2.25. The lowest BCUT2D eigenvalue weighted by atomic mass is 10.0. The standard InChI is InChI=1S/C22H26N2O2/c1-17-3-2-13-23(17)14-12-18-4-6-19(7-5-18)20-8-10-21(11-9-20)24-15-16-26-22(24)25/h4-11,17H,2-3,12-16H2,1H3/t17-/m1/s1. The molecule has 2 aromatic carbocycles. The molecule has 0 aliphatic carbocycles. The molecular weight excluding hydrogens is 324 g/mol. The van der Waals surface area contributed by atoms with Gasteiger partial charge in [0.05, 0.1) is 6.54 Å². The van der Waals surface area contributed by atoms with Crippen molar-refractivity contribution in [3.8, 4) is 11.1 Å². The largest absolute Gasteiger partial charge is 0.447 e. The van der Waals surface area contributed by atoms with Gasteiger partial charge in [0.1, 0.15) is 6.61 Å². The van der Waals surface area contributed by atoms with Crippen LogP contribution in [0.4, 0.5) is 10.5 Å². The minimum absolute atomic E-state index is 0.255. The highest BCUT2D eigenvalue weighted by atomic mass is 16.6. The zero-order chi connectivity index (χ0) is 17.9. The number of ether oxygens (including phenoxy) is 1. The molecule has 0 unspecified atom stereocenters. The second-order valence-electron chi connectivity index (χ2n) is 7.29. The van der Waals surface area contributed by atoms with Crippen LogP contribution < -0.4 is 4.90 Å². The number of nitrogens with zero attached hydrogens (tertiary/aromatic N) is 2. The summed E-state index contributed by atoms with van der Waals surface area (Å²) in [5, 5.41) is 0. The molecule has 1 atom stereocenters. The van der Waals surface area contributed by atoms with Gasteiger partial charge in [0.2, 0.25) is 0 Å². The number of hydrogen-bond donors (Lipinski definition) is 0. The van der Waals surface area contributed by atoms with E-state index >= 15 is 0 Å². The first-order chi connectivity index (χ1) is 12.7. The summed E-state index contributed by atoms with van der Waals surface area (Å²) in [4.78, 5) is 15.9. The lowest BCUT2D eigenvalue weighted by Crippen LogP contribution is -2.28. The number of anilines is 1. The average molecular weight is 350 g/mol. The van der Waals surface area contributed by atoms with Crippen LogP contribution in [0.5, 0.6) is 0 Å². The van der Waals surface area contributed by atoms with E-state index in [2.05, 4.69) is 48.2 Å². The van der Waals surface area contributed by atoms with Crippen LogP contribution in [-0.4, -0.2) is 43.3 Å². The molecule has 2 fully saturated rings. The van der Waals surface area contributed by atoms with E-state index in [4.69, 9.17) is 4.74 Å². The zero-order valence-electron chi connectivity index (χ0n) is 15.4. The van der Waals surface area contributed by atoms with Crippen molar-refractivity contribution in [1.29, 1.82) is 0 Å². The van der Waals surface area contributed by atoms with Gasteiger partial charge in [-0.05, 0) is 61.6 Å². The predicted molar refractivity (Wildman–Crippen MR) is 105 cm³/mol. The van der Waals surface area contributed by atoms with Crippen LogP contribution in [0, 0.1) is 0 Å².